The molecule has 2 rings (SSSR count). The Kier molecular flexibility index (Phi) is 3.15. The van der Waals surface area contributed by atoms with E-state index < -0.39 is 0 Å². The maximum Gasteiger partial charge on any atom is 0.116 e. The summed E-state index contributed by atoms with van der Waals surface area (Å²) in [4.78, 5) is 0. The molecule has 0 radical (unpaired) electrons. The van der Waals surface area contributed by atoms with Crippen LogP contribution >= 0.6 is 0 Å². The van der Waals surface area contributed by atoms with E-state index in [1.54, 1.807) is 30.3 Å². The van der Waals surface area contributed by atoms with Crippen molar-refractivity contribution in [3.63, 3.8) is 0 Å². The zero-order valence-corrected chi connectivity index (χ0v) is 9.43. The van der Waals surface area contributed by atoms with E-state index in [1.165, 1.54) is 0 Å². The van der Waals surface area contributed by atoms with Crippen LogP contribution in [0, 0.1) is 0 Å². The largest absolute Gasteiger partial charge is 0.508 e. The van der Waals surface area contributed by atoms with Crippen LogP contribution in [0.5, 0.6) is 11.5 Å². The lowest BCUT2D eigenvalue weighted by Gasteiger charge is -2.07. The highest BCUT2D eigenvalue weighted by atomic mass is 16.3. The molecule has 0 heterocycles. The molecule has 0 saturated heterocycles. The molecule has 2 aromatic rings. The Hall–Kier alpha value is -2.22. The summed E-state index contributed by atoms with van der Waals surface area (Å²) in [6, 6.07) is 12.4. The molecule has 0 spiro atoms. The van der Waals surface area contributed by atoms with E-state index in [0.29, 0.717) is 0 Å². The molecule has 2 N–H and O–H groups in total. The van der Waals surface area contributed by atoms with Crippen molar-refractivity contribution in [2.24, 2.45) is 0 Å². The number of phenolic OH excluding ortho intramolecular Hbond substituents is 2. The lowest BCUT2D eigenvalue weighted by Crippen LogP contribution is -1.91. The molecule has 86 valence electrons. The van der Waals surface area contributed by atoms with Gasteiger partial charge in [0.25, 0.3) is 0 Å². The first kappa shape index (κ1) is 11.3. The highest BCUT2D eigenvalue weighted by Gasteiger charge is 2.02. The minimum atomic E-state index is 0.245. The minimum absolute atomic E-state index is 0.245. The lowest BCUT2D eigenvalue weighted by atomic mass is 9.99. The molecule has 0 aliphatic carbocycles. The lowest BCUT2D eigenvalue weighted by molar-refractivity contribution is 0.475. The maximum absolute atomic E-state index is 9.39. The van der Waals surface area contributed by atoms with E-state index in [1.807, 2.05) is 18.2 Å². The standard InChI is InChI=1S/C15H14O2/c1-2-12-10-15(17)8-5-13(12)9-11-3-6-14(16)7-4-11/h2-8,10,16-17H,1,9H2. The number of hydrogen-bond acceptors (Lipinski definition) is 2. The topological polar surface area (TPSA) is 40.5 Å². The fourth-order valence-electron chi connectivity index (χ4n) is 1.77. The average molecular weight is 226 g/mol. The summed E-state index contributed by atoms with van der Waals surface area (Å²) in [7, 11) is 0. The monoisotopic (exact) mass is 226 g/mol. The van der Waals surface area contributed by atoms with Crippen LogP contribution in [0.25, 0.3) is 6.08 Å². The van der Waals surface area contributed by atoms with E-state index in [4.69, 9.17) is 0 Å². The Bertz CT molecular complexity index is 527. The van der Waals surface area contributed by atoms with Crippen molar-refractivity contribution in [3.8, 4) is 11.5 Å². The maximum atomic E-state index is 9.39. The molecule has 17 heavy (non-hydrogen) atoms. The van der Waals surface area contributed by atoms with Crippen molar-refractivity contribution in [2.75, 3.05) is 0 Å². The summed E-state index contributed by atoms with van der Waals surface area (Å²) in [5, 5.41) is 18.6. The number of rotatable bonds is 3. The van der Waals surface area contributed by atoms with Crippen molar-refractivity contribution >= 4 is 6.08 Å². The van der Waals surface area contributed by atoms with Crippen molar-refractivity contribution in [1.82, 2.24) is 0 Å². The molecule has 0 atom stereocenters. The Morgan fingerprint density at radius 3 is 2.24 bits per heavy atom. The Balaban J connectivity index is 2.29. The van der Waals surface area contributed by atoms with Gasteiger partial charge in [-0.05, 0) is 47.4 Å². The van der Waals surface area contributed by atoms with Gasteiger partial charge in [-0.15, -0.1) is 0 Å². The highest BCUT2D eigenvalue weighted by Crippen LogP contribution is 2.21. The Labute approximate surface area is 100 Å². The number of benzene rings is 2. The second-order valence-corrected chi connectivity index (χ2v) is 3.93. The molecule has 2 aromatic carbocycles. The molecule has 0 bridgehead atoms. The predicted molar refractivity (Wildman–Crippen MR) is 69.1 cm³/mol. The first-order chi connectivity index (χ1) is 8.19. The summed E-state index contributed by atoms with van der Waals surface area (Å²) in [5.74, 6) is 0.512. The van der Waals surface area contributed by atoms with Crippen LogP contribution in [-0.4, -0.2) is 10.2 Å². The van der Waals surface area contributed by atoms with Gasteiger partial charge in [-0.3, -0.25) is 0 Å². The van der Waals surface area contributed by atoms with Gasteiger partial charge < -0.3 is 10.2 Å². The minimum Gasteiger partial charge on any atom is -0.508 e. The third kappa shape index (κ3) is 2.67. The molecular weight excluding hydrogens is 212 g/mol. The SMILES string of the molecule is C=Cc1cc(O)ccc1Cc1ccc(O)cc1. The molecule has 2 nitrogen and oxygen atoms in total. The van der Waals surface area contributed by atoms with Crippen LogP contribution in [0.15, 0.2) is 49.0 Å². The van der Waals surface area contributed by atoms with E-state index in [0.717, 1.165) is 23.1 Å². The summed E-state index contributed by atoms with van der Waals surface area (Å²) in [6.07, 6.45) is 2.48. The van der Waals surface area contributed by atoms with Gasteiger partial charge in [0.05, 0.1) is 0 Å². The molecule has 2 heteroatoms. The number of hydrogen-bond donors (Lipinski definition) is 2. The molecule has 0 unspecified atom stereocenters. The summed E-state index contributed by atoms with van der Waals surface area (Å²) >= 11 is 0. The van der Waals surface area contributed by atoms with Gasteiger partial charge in [0.15, 0.2) is 0 Å². The second kappa shape index (κ2) is 4.74. The van der Waals surface area contributed by atoms with Crippen LogP contribution in [0.3, 0.4) is 0 Å². The molecule has 0 aliphatic rings. The van der Waals surface area contributed by atoms with Crippen molar-refractivity contribution in [2.45, 2.75) is 6.42 Å². The summed E-state index contributed by atoms with van der Waals surface area (Å²) < 4.78 is 0. The number of phenols is 2. The highest BCUT2D eigenvalue weighted by molar-refractivity contribution is 5.55. The molecule has 0 aliphatic heterocycles. The van der Waals surface area contributed by atoms with Gasteiger partial charge in [-0.25, -0.2) is 0 Å². The van der Waals surface area contributed by atoms with Gasteiger partial charge in [0.1, 0.15) is 11.5 Å². The normalized spacial score (nSPS) is 10.1. The van der Waals surface area contributed by atoms with E-state index in [-0.39, 0.29) is 11.5 Å². The van der Waals surface area contributed by atoms with Crippen LogP contribution in [0.4, 0.5) is 0 Å². The molecule has 0 fully saturated rings. The zero-order valence-electron chi connectivity index (χ0n) is 9.43. The Morgan fingerprint density at radius 1 is 0.941 bits per heavy atom. The second-order valence-electron chi connectivity index (χ2n) is 3.93. The van der Waals surface area contributed by atoms with Crippen molar-refractivity contribution in [3.05, 3.63) is 65.7 Å². The van der Waals surface area contributed by atoms with Crippen LogP contribution in [0.1, 0.15) is 16.7 Å². The van der Waals surface area contributed by atoms with Gasteiger partial charge in [0, 0.05) is 0 Å². The molecule has 0 amide bonds. The van der Waals surface area contributed by atoms with E-state index in [2.05, 4.69) is 6.58 Å². The van der Waals surface area contributed by atoms with E-state index in [9.17, 15) is 10.2 Å². The van der Waals surface area contributed by atoms with Gasteiger partial charge >= 0.3 is 0 Å². The fourth-order valence-corrected chi connectivity index (χ4v) is 1.77. The zero-order chi connectivity index (χ0) is 12.3. The third-order valence-electron chi connectivity index (χ3n) is 2.68. The van der Waals surface area contributed by atoms with Crippen LogP contribution < -0.4 is 0 Å². The van der Waals surface area contributed by atoms with Crippen molar-refractivity contribution < 1.29 is 10.2 Å². The molecule has 0 aromatic heterocycles. The Morgan fingerprint density at radius 2 is 1.59 bits per heavy atom. The quantitative estimate of drug-likeness (QED) is 0.842. The summed E-state index contributed by atoms with van der Waals surface area (Å²) in [5.41, 5.74) is 3.14. The molecular formula is C15H14O2. The van der Waals surface area contributed by atoms with Crippen LogP contribution in [0.2, 0.25) is 0 Å². The molecule has 0 saturated carbocycles. The first-order valence-corrected chi connectivity index (χ1v) is 5.41. The van der Waals surface area contributed by atoms with Gasteiger partial charge in [0.2, 0.25) is 0 Å². The first-order valence-electron chi connectivity index (χ1n) is 5.41. The smallest absolute Gasteiger partial charge is 0.116 e. The average Bonchev–Trinajstić information content (AvgIpc) is 2.34. The fraction of sp³-hybridized carbons (Fsp3) is 0.0667. The summed E-state index contributed by atoms with van der Waals surface area (Å²) in [6.45, 7) is 3.74. The van der Waals surface area contributed by atoms with Gasteiger partial charge in [-0.1, -0.05) is 30.9 Å². The van der Waals surface area contributed by atoms with Gasteiger partial charge in [-0.2, -0.15) is 0 Å². The van der Waals surface area contributed by atoms with Crippen LogP contribution in [-0.2, 0) is 6.42 Å². The number of aromatic hydroxyl groups is 2. The van der Waals surface area contributed by atoms with E-state index >= 15 is 0 Å². The predicted octanol–water partition coefficient (Wildman–Crippen LogP) is 3.33. The third-order valence-corrected chi connectivity index (χ3v) is 2.68. The van der Waals surface area contributed by atoms with Crippen molar-refractivity contribution in [1.29, 1.82) is 0 Å².